The molecule has 2 aromatic rings. The fourth-order valence-corrected chi connectivity index (χ4v) is 5.66. The molecule has 0 spiro atoms. The largest absolute Gasteiger partial charge is 2.00 e. The van der Waals surface area contributed by atoms with Crippen LogP contribution in [-0.2, 0) is 81.4 Å². The second kappa shape index (κ2) is 29.9. The summed E-state index contributed by atoms with van der Waals surface area (Å²) >= 11 is 0. The summed E-state index contributed by atoms with van der Waals surface area (Å²) in [5.74, 6) is 2.68. The van der Waals surface area contributed by atoms with Crippen molar-refractivity contribution in [1.29, 1.82) is 0 Å². The molecule has 0 heterocycles. The predicted octanol–water partition coefficient (Wildman–Crippen LogP) is 12.5. The molecule has 0 unspecified atom stereocenters. The summed E-state index contributed by atoms with van der Waals surface area (Å²) in [6, 6.07) is 13.6. The van der Waals surface area contributed by atoms with Crippen LogP contribution in [0.2, 0.25) is 0 Å². The SMILES string of the molecule is CCC[C@H](CCCC(C)C)c1c(CC)cccc1CC.[CH2-]C(C)C.[CH2-][C@H](CCC)c1c(CC)cccc1CC.[V+2].[V].[V]. The molecule has 0 aliphatic heterocycles. The van der Waals surface area contributed by atoms with Gasteiger partial charge in [0.05, 0.1) is 0 Å². The molecule has 0 saturated carbocycles. The molecule has 42 heavy (non-hydrogen) atoms. The zero-order chi connectivity index (χ0) is 29.8. The molecule has 2 atom stereocenters. The van der Waals surface area contributed by atoms with E-state index in [1.807, 2.05) is 0 Å². The van der Waals surface area contributed by atoms with Crippen molar-refractivity contribution < 1.29 is 55.7 Å². The van der Waals surface area contributed by atoms with Gasteiger partial charge in [0, 0.05) is 37.1 Å². The first-order valence-corrected chi connectivity index (χ1v) is 16.5. The Hall–Kier alpha value is 0.193. The molecule has 3 heteroatoms. The Kier molecular flexibility index (Phi) is 34.9. The van der Waals surface area contributed by atoms with Gasteiger partial charge in [0.1, 0.15) is 0 Å². The Morgan fingerprint density at radius 3 is 1.21 bits per heavy atom. The molecule has 0 aliphatic rings. The minimum atomic E-state index is 0. The molecular weight excluding hydrogens is 621 g/mol. The van der Waals surface area contributed by atoms with E-state index >= 15 is 0 Å². The van der Waals surface area contributed by atoms with Gasteiger partial charge in [0.2, 0.25) is 0 Å². The van der Waals surface area contributed by atoms with Crippen molar-refractivity contribution in [2.45, 2.75) is 152 Å². The second-order valence-electron chi connectivity index (χ2n) is 12.1. The van der Waals surface area contributed by atoms with Crippen molar-refractivity contribution in [3.8, 4) is 0 Å². The Labute approximate surface area is 300 Å². The molecular formula is C39H66V3. The van der Waals surface area contributed by atoms with Gasteiger partial charge < -0.3 is 13.8 Å². The summed E-state index contributed by atoms with van der Waals surface area (Å²) in [5.41, 5.74) is 9.37. The van der Waals surface area contributed by atoms with Gasteiger partial charge in [-0.15, -0.1) is 5.92 Å². The van der Waals surface area contributed by atoms with E-state index in [9.17, 15) is 0 Å². The van der Waals surface area contributed by atoms with Crippen LogP contribution >= 0.6 is 0 Å². The smallest absolute Gasteiger partial charge is 0.341 e. The normalized spacial score (nSPS) is 11.6. The molecule has 0 amide bonds. The number of benzene rings is 2. The van der Waals surface area contributed by atoms with E-state index in [2.05, 4.69) is 119 Å². The maximum atomic E-state index is 4.32. The molecule has 2 aromatic carbocycles. The van der Waals surface area contributed by atoms with Gasteiger partial charge in [-0.2, -0.15) is 5.92 Å². The van der Waals surface area contributed by atoms with Crippen LogP contribution in [0.4, 0.5) is 0 Å². The van der Waals surface area contributed by atoms with Crippen LogP contribution in [0.3, 0.4) is 0 Å². The molecule has 0 nitrogen and oxygen atoms in total. The third kappa shape index (κ3) is 19.6. The van der Waals surface area contributed by atoms with Crippen LogP contribution in [0.25, 0.3) is 0 Å². The molecule has 0 aliphatic carbocycles. The van der Waals surface area contributed by atoms with Gasteiger partial charge in [0.15, 0.2) is 0 Å². The Morgan fingerprint density at radius 2 is 0.905 bits per heavy atom. The van der Waals surface area contributed by atoms with Gasteiger partial charge in [-0.05, 0) is 78.2 Å². The molecule has 2 rings (SSSR count). The van der Waals surface area contributed by atoms with E-state index in [0.29, 0.717) is 11.8 Å². The van der Waals surface area contributed by atoms with Crippen LogP contribution in [0.1, 0.15) is 159 Å². The fourth-order valence-electron chi connectivity index (χ4n) is 5.66. The quantitative estimate of drug-likeness (QED) is 0.173. The molecule has 0 fully saturated rings. The summed E-state index contributed by atoms with van der Waals surface area (Å²) in [4.78, 5) is 0. The minimum absolute atomic E-state index is 0. The predicted molar refractivity (Wildman–Crippen MR) is 180 cm³/mol. The van der Waals surface area contributed by atoms with Crippen molar-refractivity contribution in [1.82, 2.24) is 0 Å². The molecule has 0 aromatic heterocycles. The van der Waals surface area contributed by atoms with E-state index in [-0.39, 0.29) is 55.7 Å². The topological polar surface area (TPSA) is 0 Å². The van der Waals surface area contributed by atoms with Crippen LogP contribution in [0.5, 0.6) is 0 Å². The van der Waals surface area contributed by atoms with Crippen molar-refractivity contribution in [3.63, 3.8) is 0 Å². The molecule has 237 valence electrons. The monoisotopic (exact) mass is 687 g/mol. The number of hydrogen-bond acceptors (Lipinski definition) is 0. The van der Waals surface area contributed by atoms with Crippen molar-refractivity contribution >= 4 is 0 Å². The van der Waals surface area contributed by atoms with Crippen LogP contribution in [0, 0.1) is 25.7 Å². The van der Waals surface area contributed by atoms with Crippen molar-refractivity contribution in [2.75, 3.05) is 0 Å². The van der Waals surface area contributed by atoms with Gasteiger partial charge in [-0.1, -0.05) is 143 Å². The van der Waals surface area contributed by atoms with E-state index in [1.54, 1.807) is 16.7 Å². The van der Waals surface area contributed by atoms with Crippen molar-refractivity contribution in [2.24, 2.45) is 11.8 Å². The second-order valence-corrected chi connectivity index (χ2v) is 12.1. The average Bonchev–Trinajstić information content (AvgIpc) is 2.91. The van der Waals surface area contributed by atoms with Crippen LogP contribution in [0.15, 0.2) is 36.4 Å². The number of hydrogen-bond donors (Lipinski definition) is 0. The maximum Gasteiger partial charge on any atom is 2.00 e. The van der Waals surface area contributed by atoms with E-state index in [0.717, 1.165) is 24.7 Å². The third-order valence-electron chi connectivity index (χ3n) is 7.52. The Bertz CT molecular complexity index is 825. The fraction of sp³-hybridized carbons (Fsp3) is 0.641. The first-order valence-electron chi connectivity index (χ1n) is 16.5. The molecule has 0 saturated heterocycles. The standard InChI is InChI=1S/C20H34.C15H23.C4H9.3V/c1-6-11-19(15-9-12-16(4)5)20-17(7-2)13-10-14-18(20)8-3;1-5-9-12(4)15-13(6-2)10-8-11-14(15)7-3;1-4(2)3;;;/h10,13-14,16,19H,6-9,11-12,15H2,1-5H3;8,10-12H,4-7,9H2,1-3H3;4H,1H2,2-3H3;;;/q;2*-1;;;+2/t19-;12-;;;;/m11..../s1. The van der Waals surface area contributed by atoms with Crippen molar-refractivity contribution in [3.05, 3.63) is 83.6 Å². The number of aryl methyl sites for hydroxylation is 4. The first kappa shape index (κ1) is 49.1. The Morgan fingerprint density at radius 1 is 0.548 bits per heavy atom. The summed E-state index contributed by atoms with van der Waals surface area (Å²) < 4.78 is 0. The zero-order valence-electron chi connectivity index (χ0n) is 29.3. The van der Waals surface area contributed by atoms with Crippen LogP contribution < -0.4 is 0 Å². The maximum absolute atomic E-state index is 4.32. The van der Waals surface area contributed by atoms with Gasteiger partial charge in [0.25, 0.3) is 0 Å². The molecule has 3 radical (unpaired) electrons. The molecule has 0 bridgehead atoms. The number of rotatable bonds is 14. The average molecular weight is 688 g/mol. The van der Waals surface area contributed by atoms with E-state index in [1.165, 1.54) is 74.5 Å². The Balaban J connectivity index is -0.000000293. The third-order valence-corrected chi connectivity index (χ3v) is 7.52. The van der Waals surface area contributed by atoms with Gasteiger partial charge in [-0.25, -0.2) is 0 Å². The summed E-state index contributed by atoms with van der Waals surface area (Å²) in [7, 11) is 0. The van der Waals surface area contributed by atoms with E-state index in [4.69, 9.17) is 0 Å². The molecule has 0 N–H and O–H groups in total. The summed E-state index contributed by atoms with van der Waals surface area (Å²) in [6.45, 7) is 30.4. The summed E-state index contributed by atoms with van der Waals surface area (Å²) in [6.07, 6.45) is 13.8. The van der Waals surface area contributed by atoms with E-state index < -0.39 is 0 Å². The zero-order valence-corrected chi connectivity index (χ0v) is 33.5. The first-order chi connectivity index (χ1) is 18.6. The van der Waals surface area contributed by atoms with Gasteiger partial charge in [-0.3, -0.25) is 0 Å². The van der Waals surface area contributed by atoms with Gasteiger partial charge >= 0.3 is 18.6 Å². The summed E-state index contributed by atoms with van der Waals surface area (Å²) in [5, 5.41) is 0. The minimum Gasteiger partial charge on any atom is -0.341 e. The van der Waals surface area contributed by atoms with Crippen LogP contribution in [-0.4, -0.2) is 0 Å².